The Balaban J connectivity index is 1.38. The molecule has 0 spiro atoms. The van der Waals surface area contributed by atoms with E-state index in [-0.39, 0.29) is 11.7 Å². The van der Waals surface area contributed by atoms with Gasteiger partial charge < -0.3 is 10.2 Å². The van der Waals surface area contributed by atoms with Gasteiger partial charge in [-0.1, -0.05) is 23.7 Å². The molecule has 148 valence electrons. The van der Waals surface area contributed by atoms with Gasteiger partial charge in [0.2, 0.25) is 5.91 Å². The third-order valence-corrected chi connectivity index (χ3v) is 5.24. The summed E-state index contributed by atoms with van der Waals surface area (Å²) in [4.78, 5) is 28.0. The number of carbonyl (C=O) groups excluding carboxylic acids is 2. The number of halogens is 1. The van der Waals surface area contributed by atoms with Crippen molar-refractivity contribution in [3.8, 4) is 0 Å². The van der Waals surface area contributed by atoms with Gasteiger partial charge in [-0.05, 0) is 55.3 Å². The van der Waals surface area contributed by atoms with Crippen LogP contribution in [0.25, 0.3) is 0 Å². The molecule has 2 aromatic rings. The number of ketones is 1. The van der Waals surface area contributed by atoms with Crippen molar-refractivity contribution >= 4 is 29.0 Å². The van der Waals surface area contributed by atoms with Gasteiger partial charge in [0.05, 0.1) is 6.54 Å². The van der Waals surface area contributed by atoms with Gasteiger partial charge >= 0.3 is 0 Å². The van der Waals surface area contributed by atoms with Crippen molar-refractivity contribution in [2.24, 2.45) is 0 Å². The van der Waals surface area contributed by atoms with E-state index >= 15 is 0 Å². The fraction of sp³-hybridized carbons (Fsp3) is 0.364. The Bertz CT molecular complexity index is 815. The van der Waals surface area contributed by atoms with E-state index in [1.807, 2.05) is 48.5 Å². The first-order chi connectivity index (χ1) is 13.5. The smallest absolute Gasteiger partial charge is 0.234 e. The van der Waals surface area contributed by atoms with Crippen LogP contribution in [0.15, 0.2) is 48.5 Å². The molecule has 1 saturated heterocycles. The van der Waals surface area contributed by atoms with Crippen molar-refractivity contribution in [1.82, 2.24) is 10.2 Å². The van der Waals surface area contributed by atoms with Crippen molar-refractivity contribution in [3.05, 3.63) is 64.7 Å². The third-order valence-electron chi connectivity index (χ3n) is 5.00. The van der Waals surface area contributed by atoms with E-state index in [2.05, 4.69) is 15.1 Å². The van der Waals surface area contributed by atoms with Gasteiger partial charge in [0.1, 0.15) is 0 Å². The zero-order valence-electron chi connectivity index (χ0n) is 16.2. The van der Waals surface area contributed by atoms with E-state index in [1.54, 1.807) is 6.92 Å². The molecule has 0 aliphatic carbocycles. The summed E-state index contributed by atoms with van der Waals surface area (Å²) in [6.07, 6.45) is 0.774. The lowest BCUT2D eigenvalue weighted by Gasteiger charge is -2.35. The number of anilines is 1. The fourth-order valence-corrected chi connectivity index (χ4v) is 3.58. The van der Waals surface area contributed by atoms with E-state index in [4.69, 9.17) is 11.6 Å². The number of hydrogen-bond donors (Lipinski definition) is 1. The number of nitrogens with one attached hydrogen (secondary N) is 1. The average molecular weight is 400 g/mol. The van der Waals surface area contributed by atoms with E-state index < -0.39 is 0 Å². The van der Waals surface area contributed by atoms with Crippen LogP contribution in [0.5, 0.6) is 0 Å². The molecule has 0 saturated carbocycles. The molecule has 0 aromatic heterocycles. The van der Waals surface area contributed by atoms with E-state index in [1.165, 1.54) is 0 Å². The predicted molar refractivity (Wildman–Crippen MR) is 113 cm³/mol. The molecule has 0 radical (unpaired) electrons. The lowest BCUT2D eigenvalue weighted by Crippen LogP contribution is -2.49. The molecular formula is C22H26ClN3O2. The molecule has 5 nitrogen and oxygen atoms in total. The zero-order chi connectivity index (χ0) is 19.9. The van der Waals surface area contributed by atoms with Crippen LogP contribution in [0.2, 0.25) is 5.02 Å². The molecule has 0 bridgehead atoms. The number of hydrogen-bond acceptors (Lipinski definition) is 4. The van der Waals surface area contributed by atoms with E-state index in [9.17, 15) is 9.59 Å². The molecule has 0 unspecified atom stereocenters. The summed E-state index contributed by atoms with van der Waals surface area (Å²) >= 11 is 5.98. The summed E-state index contributed by atoms with van der Waals surface area (Å²) in [6.45, 7) is 6.04. The fourth-order valence-electron chi connectivity index (χ4n) is 3.37. The number of carbonyl (C=O) groups is 2. The van der Waals surface area contributed by atoms with Crippen molar-refractivity contribution in [2.75, 3.05) is 44.2 Å². The second-order valence-electron chi connectivity index (χ2n) is 7.10. The van der Waals surface area contributed by atoms with Crippen LogP contribution >= 0.6 is 11.6 Å². The van der Waals surface area contributed by atoms with Gasteiger partial charge in [-0.15, -0.1) is 0 Å². The molecular weight excluding hydrogens is 374 g/mol. The second kappa shape index (κ2) is 9.71. The van der Waals surface area contributed by atoms with Crippen LogP contribution in [0.4, 0.5) is 5.69 Å². The van der Waals surface area contributed by atoms with Gasteiger partial charge in [-0.2, -0.15) is 0 Å². The number of benzene rings is 2. The van der Waals surface area contributed by atoms with Crippen molar-refractivity contribution in [3.63, 3.8) is 0 Å². The van der Waals surface area contributed by atoms with Gasteiger partial charge in [0.25, 0.3) is 0 Å². The lowest BCUT2D eigenvalue weighted by molar-refractivity contribution is -0.122. The summed E-state index contributed by atoms with van der Waals surface area (Å²) in [6, 6.07) is 15.4. The summed E-state index contributed by atoms with van der Waals surface area (Å²) in [7, 11) is 0. The van der Waals surface area contributed by atoms with Crippen molar-refractivity contribution < 1.29 is 9.59 Å². The van der Waals surface area contributed by atoms with Crippen LogP contribution in [0.3, 0.4) is 0 Å². The summed E-state index contributed by atoms with van der Waals surface area (Å²) < 4.78 is 0. The largest absolute Gasteiger partial charge is 0.369 e. The molecule has 1 aliphatic heterocycles. The standard InChI is InChI=1S/C22H26ClN3O2/c1-17(27)19-5-7-21(8-6-19)26-13-11-25(12-14-26)16-22(28)24-10-9-18-3-2-4-20(23)15-18/h2-8,15H,9-14,16H2,1H3,(H,24,28). The quantitative estimate of drug-likeness (QED) is 0.727. The first-order valence-corrected chi connectivity index (χ1v) is 9.98. The first-order valence-electron chi connectivity index (χ1n) is 9.61. The highest BCUT2D eigenvalue weighted by molar-refractivity contribution is 6.30. The van der Waals surface area contributed by atoms with Crippen LogP contribution in [-0.4, -0.2) is 55.9 Å². The Hall–Kier alpha value is -2.37. The molecule has 1 aliphatic rings. The third kappa shape index (κ3) is 5.81. The minimum absolute atomic E-state index is 0.0567. The number of nitrogens with zero attached hydrogens (tertiary/aromatic N) is 2. The molecule has 1 amide bonds. The Labute approximate surface area is 171 Å². The number of Topliss-reactive ketones (excluding diaryl/α,β-unsaturated/α-hetero) is 1. The Morgan fingerprint density at radius 2 is 1.75 bits per heavy atom. The highest BCUT2D eigenvalue weighted by atomic mass is 35.5. The van der Waals surface area contributed by atoms with E-state index in [0.717, 1.165) is 54.4 Å². The minimum Gasteiger partial charge on any atom is -0.369 e. The number of rotatable bonds is 7. The summed E-state index contributed by atoms with van der Waals surface area (Å²) in [5, 5.41) is 3.71. The summed E-state index contributed by atoms with van der Waals surface area (Å²) in [5.41, 5.74) is 2.98. The Kier molecular flexibility index (Phi) is 7.06. The van der Waals surface area contributed by atoms with Crippen LogP contribution in [-0.2, 0) is 11.2 Å². The molecule has 0 atom stereocenters. The molecule has 3 rings (SSSR count). The van der Waals surface area contributed by atoms with Gasteiger partial charge in [-0.3, -0.25) is 14.5 Å². The average Bonchev–Trinajstić information content (AvgIpc) is 2.69. The van der Waals surface area contributed by atoms with Crippen LogP contribution in [0.1, 0.15) is 22.8 Å². The molecule has 1 heterocycles. The Morgan fingerprint density at radius 1 is 1.04 bits per heavy atom. The highest BCUT2D eigenvalue weighted by Crippen LogP contribution is 2.17. The second-order valence-corrected chi connectivity index (χ2v) is 7.53. The molecule has 6 heteroatoms. The monoisotopic (exact) mass is 399 g/mol. The van der Waals surface area contributed by atoms with Gasteiger partial charge in [0, 0.05) is 49.0 Å². The van der Waals surface area contributed by atoms with Crippen molar-refractivity contribution in [1.29, 1.82) is 0 Å². The number of piperazine rings is 1. The van der Waals surface area contributed by atoms with E-state index in [0.29, 0.717) is 13.1 Å². The van der Waals surface area contributed by atoms with Crippen molar-refractivity contribution in [2.45, 2.75) is 13.3 Å². The first kappa shape index (κ1) is 20.4. The zero-order valence-corrected chi connectivity index (χ0v) is 16.9. The molecule has 1 N–H and O–H groups in total. The van der Waals surface area contributed by atoms with Gasteiger partial charge in [-0.25, -0.2) is 0 Å². The maximum atomic E-state index is 12.2. The van der Waals surface area contributed by atoms with Gasteiger partial charge in [0.15, 0.2) is 5.78 Å². The predicted octanol–water partition coefficient (Wildman–Crippen LogP) is 3.02. The normalized spacial score (nSPS) is 14.7. The lowest BCUT2D eigenvalue weighted by atomic mass is 10.1. The molecule has 2 aromatic carbocycles. The SMILES string of the molecule is CC(=O)c1ccc(N2CCN(CC(=O)NCCc3cccc(Cl)c3)CC2)cc1. The number of amides is 1. The molecule has 28 heavy (non-hydrogen) atoms. The van der Waals surface area contributed by atoms with Crippen LogP contribution < -0.4 is 10.2 Å². The van der Waals surface area contributed by atoms with Crippen LogP contribution in [0, 0.1) is 0 Å². The molecule has 1 fully saturated rings. The summed E-state index contributed by atoms with van der Waals surface area (Å²) in [5.74, 6) is 0.138. The maximum absolute atomic E-state index is 12.2. The highest BCUT2D eigenvalue weighted by Gasteiger charge is 2.19. The maximum Gasteiger partial charge on any atom is 0.234 e. The Morgan fingerprint density at radius 3 is 2.39 bits per heavy atom. The minimum atomic E-state index is 0.0567. The topological polar surface area (TPSA) is 52.7 Å².